The van der Waals surface area contributed by atoms with E-state index in [4.69, 9.17) is 4.74 Å². The van der Waals surface area contributed by atoms with Crippen molar-refractivity contribution >= 4 is 35.1 Å². The van der Waals surface area contributed by atoms with Gasteiger partial charge in [0.1, 0.15) is 5.75 Å². The van der Waals surface area contributed by atoms with Crippen molar-refractivity contribution in [1.29, 1.82) is 0 Å². The minimum atomic E-state index is -0.0888. The summed E-state index contributed by atoms with van der Waals surface area (Å²) in [5, 5.41) is 3.00. The van der Waals surface area contributed by atoms with Crippen LogP contribution in [0.2, 0.25) is 0 Å². The van der Waals surface area contributed by atoms with Gasteiger partial charge in [0.25, 0.3) is 5.91 Å². The molecule has 0 aromatic heterocycles. The number of thioether (sulfide) groups is 2. The Labute approximate surface area is 164 Å². The summed E-state index contributed by atoms with van der Waals surface area (Å²) in [6.45, 7) is 4.39. The Morgan fingerprint density at radius 3 is 2.46 bits per heavy atom. The first kappa shape index (κ1) is 19.2. The third kappa shape index (κ3) is 4.57. The first-order chi connectivity index (χ1) is 12.7. The van der Waals surface area contributed by atoms with Crippen molar-refractivity contribution in [1.82, 2.24) is 0 Å². The quantitative estimate of drug-likeness (QED) is 0.398. The molecule has 0 saturated heterocycles. The summed E-state index contributed by atoms with van der Waals surface area (Å²) in [6.07, 6.45) is 4.65. The van der Waals surface area contributed by atoms with Crippen LogP contribution < -0.4 is 10.1 Å². The van der Waals surface area contributed by atoms with Crippen LogP contribution in [0.4, 0.5) is 5.69 Å². The van der Waals surface area contributed by atoms with Crippen LogP contribution in [-0.2, 0) is 0 Å². The number of unbranched alkanes of at least 4 members (excludes halogenated alkanes) is 2. The lowest BCUT2D eigenvalue weighted by molar-refractivity contribution is 0.102. The van der Waals surface area contributed by atoms with Crippen LogP contribution in [0.25, 0.3) is 0 Å². The van der Waals surface area contributed by atoms with Crippen LogP contribution >= 0.6 is 23.5 Å². The highest BCUT2D eigenvalue weighted by Crippen LogP contribution is 2.42. The number of benzene rings is 2. The van der Waals surface area contributed by atoms with E-state index in [9.17, 15) is 4.79 Å². The molecule has 0 aliphatic carbocycles. The Morgan fingerprint density at radius 1 is 0.962 bits per heavy atom. The van der Waals surface area contributed by atoms with Gasteiger partial charge in [0.2, 0.25) is 0 Å². The smallest absolute Gasteiger partial charge is 0.260 e. The monoisotopic (exact) mass is 387 g/mol. The second kappa shape index (κ2) is 9.38. The molecule has 2 aromatic rings. The standard InChI is InChI=1S/C21H25NO2S2/c1-3-5-11-25-15-13-18-20(19(14-15)26-12-6-4-2)21(23)22-16-9-7-8-10-17(16)24-18/h7-10,13-14H,3-6,11-12H2,1-2H3,(H,22,23). The zero-order chi connectivity index (χ0) is 18.4. The number of anilines is 1. The van der Waals surface area contributed by atoms with E-state index < -0.39 is 0 Å². The van der Waals surface area contributed by atoms with Gasteiger partial charge >= 0.3 is 0 Å². The van der Waals surface area contributed by atoms with Gasteiger partial charge in [-0.2, -0.15) is 0 Å². The van der Waals surface area contributed by atoms with Crippen LogP contribution in [0.3, 0.4) is 0 Å². The molecule has 1 aliphatic heterocycles. The van der Waals surface area contributed by atoms with Gasteiger partial charge in [-0.25, -0.2) is 0 Å². The SMILES string of the molecule is CCCCSc1cc2c(c(SCCCC)c1)C(=O)Nc1ccccc1O2. The maximum atomic E-state index is 12.9. The second-order valence-corrected chi connectivity index (χ2v) is 8.56. The van der Waals surface area contributed by atoms with Crippen molar-refractivity contribution in [3.63, 3.8) is 0 Å². The number of para-hydroxylation sites is 2. The highest BCUT2D eigenvalue weighted by molar-refractivity contribution is 8.00. The fourth-order valence-corrected chi connectivity index (χ4v) is 5.03. The normalized spacial score (nSPS) is 12.6. The molecule has 3 rings (SSSR count). The summed E-state index contributed by atoms with van der Waals surface area (Å²) in [7, 11) is 0. The first-order valence-corrected chi connectivity index (χ1v) is 11.2. The van der Waals surface area contributed by atoms with Crippen molar-refractivity contribution in [2.24, 2.45) is 0 Å². The van der Waals surface area contributed by atoms with Gasteiger partial charge in [-0.05, 0) is 48.6 Å². The Kier molecular flexibility index (Phi) is 6.92. The number of fused-ring (bicyclic) bond motifs is 2. The zero-order valence-electron chi connectivity index (χ0n) is 15.3. The average molecular weight is 388 g/mol. The van der Waals surface area contributed by atoms with Crippen LogP contribution in [0.1, 0.15) is 49.9 Å². The average Bonchev–Trinajstić information content (AvgIpc) is 2.77. The number of ether oxygens (including phenoxy) is 1. The molecule has 1 N–H and O–H groups in total. The van der Waals surface area contributed by atoms with E-state index in [1.54, 1.807) is 11.8 Å². The number of hydrogen-bond donors (Lipinski definition) is 1. The molecule has 0 saturated carbocycles. The van der Waals surface area contributed by atoms with Crippen molar-refractivity contribution in [3.8, 4) is 11.5 Å². The molecule has 1 amide bonds. The minimum Gasteiger partial charge on any atom is -0.454 e. The van der Waals surface area contributed by atoms with E-state index in [1.165, 1.54) is 17.7 Å². The van der Waals surface area contributed by atoms with Gasteiger partial charge < -0.3 is 10.1 Å². The predicted molar refractivity (Wildman–Crippen MR) is 112 cm³/mol. The molecule has 2 aromatic carbocycles. The molecule has 3 nitrogen and oxygen atoms in total. The molecular formula is C21H25NO2S2. The third-order valence-corrected chi connectivity index (χ3v) is 6.33. The molecule has 0 fully saturated rings. The lowest BCUT2D eigenvalue weighted by Gasteiger charge is -2.14. The molecule has 0 bridgehead atoms. The first-order valence-electron chi connectivity index (χ1n) is 9.24. The van der Waals surface area contributed by atoms with Gasteiger partial charge in [-0.15, -0.1) is 23.5 Å². The maximum Gasteiger partial charge on any atom is 0.260 e. The number of carbonyl (C=O) groups is 1. The van der Waals surface area contributed by atoms with E-state index in [0.29, 0.717) is 17.1 Å². The molecular weight excluding hydrogens is 362 g/mol. The van der Waals surface area contributed by atoms with Gasteiger partial charge in [0.15, 0.2) is 5.75 Å². The number of hydrogen-bond acceptors (Lipinski definition) is 4. The molecule has 138 valence electrons. The topological polar surface area (TPSA) is 38.3 Å². The molecule has 1 heterocycles. The number of rotatable bonds is 8. The molecule has 0 atom stereocenters. The third-order valence-electron chi connectivity index (χ3n) is 4.14. The fraction of sp³-hybridized carbons (Fsp3) is 0.381. The van der Waals surface area contributed by atoms with Crippen LogP contribution in [0.15, 0.2) is 46.2 Å². The van der Waals surface area contributed by atoms with E-state index in [2.05, 4.69) is 25.2 Å². The summed E-state index contributed by atoms with van der Waals surface area (Å²) in [5.41, 5.74) is 1.38. The molecule has 0 unspecified atom stereocenters. The Bertz CT molecular complexity index is 777. The van der Waals surface area contributed by atoms with Crippen molar-refractivity contribution in [2.75, 3.05) is 16.8 Å². The maximum absolute atomic E-state index is 12.9. The van der Waals surface area contributed by atoms with E-state index >= 15 is 0 Å². The molecule has 5 heteroatoms. The van der Waals surface area contributed by atoms with Gasteiger partial charge in [-0.3, -0.25) is 4.79 Å². The van der Waals surface area contributed by atoms with Crippen molar-refractivity contribution in [2.45, 2.75) is 49.3 Å². The zero-order valence-corrected chi connectivity index (χ0v) is 17.0. The molecule has 26 heavy (non-hydrogen) atoms. The Morgan fingerprint density at radius 2 is 1.69 bits per heavy atom. The summed E-state index contributed by atoms with van der Waals surface area (Å²) >= 11 is 3.59. The molecule has 1 aliphatic rings. The van der Waals surface area contributed by atoms with E-state index in [-0.39, 0.29) is 5.91 Å². The summed E-state index contributed by atoms with van der Waals surface area (Å²) < 4.78 is 6.16. The summed E-state index contributed by atoms with van der Waals surface area (Å²) in [5.74, 6) is 3.35. The number of carbonyl (C=O) groups excluding carboxylic acids is 1. The lowest BCUT2D eigenvalue weighted by Crippen LogP contribution is -2.12. The highest BCUT2D eigenvalue weighted by atomic mass is 32.2. The lowest BCUT2D eigenvalue weighted by atomic mass is 10.2. The Balaban J connectivity index is 1.97. The highest BCUT2D eigenvalue weighted by Gasteiger charge is 2.25. The van der Waals surface area contributed by atoms with Crippen LogP contribution in [0, 0.1) is 0 Å². The van der Waals surface area contributed by atoms with Crippen LogP contribution in [-0.4, -0.2) is 17.4 Å². The number of nitrogens with one attached hydrogen (secondary N) is 1. The predicted octanol–water partition coefficient (Wildman–Crippen LogP) is 6.83. The van der Waals surface area contributed by atoms with E-state index in [0.717, 1.165) is 34.9 Å². The van der Waals surface area contributed by atoms with Gasteiger partial charge in [-0.1, -0.05) is 38.8 Å². The summed E-state index contributed by atoms with van der Waals surface area (Å²) in [6, 6.07) is 11.8. The van der Waals surface area contributed by atoms with Crippen molar-refractivity contribution < 1.29 is 9.53 Å². The van der Waals surface area contributed by atoms with Gasteiger partial charge in [0, 0.05) is 9.79 Å². The second-order valence-electron chi connectivity index (χ2n) is 6.25. The minimum absolute atomic E-state index is 0.0888. The molecule has 0 radical (unpaired) electrons. The largest absolute Gasteiger partial charge is 0.454 e. The van der Waals surface area contributed by atoms with Gasteiger partial charge in [0.05, 0.1) is 11.3 Å². The molecule has 0 spiro atoms. The summed E-state index contributed by atoms with van der Waals surface area (Å²) in [4.78, 5) is 15.1. The van der Waals surface area contributed by atoms with E-state index in [1.807, 2.05) is 42.1 Å². The fourth-order valence-electron chi connectivity index (χ4n) is 2.69. The van der Waals surface area contributed by atoms with Crippen molar-refractivity contribution in [3.05, 3.63) is 42.0 Å². The van der Waals surface area contributed by atoms with Crippen LogP contribution in [0.5, 0.6) is 11.5 Å². The Hall–Kier alpha value is -1.59. The number of amides is 1.